The second-order valence-corrected chi connectivity index (χ2v) is 8.48. The van der Waals surface area contributed by atoms with Crippen LogP contribution in [0.1, 0.15) is 58.2 Å². The van der Waals surface area contributed by atoms with Crippen LogP contribution in [0, 0.1) is 0 Å². The first kappa shape index (κ1) is 19.0. The Labute approximate surface area is 150 Å². The molecule has 0 heterocycles. The maximum Gasteiger partial charge on any atom is 0.189 e. The maximum absolute atomic E-state index is 12.3. The van der Waals surface area contributed by atoms with E-state index in [1.54, 1.807) is 19.3 Å². The van der Waals surface area contributed by atoms with Crippen LogP contribution in [-0.2, 0) is 20.4 Å². The fourth-order valence-corrected chi connectivity index (χ4v) is 2.89. The van der Waals surface area contributed by atoms with Crippen molar-refractivity contribution in [1.82, 2.24) is 0 Å². The summed E-state index contributed by atoms with van der Waals surface area (Å²) in [4.78, 5) is 12.3. The lowest BCUT2D eigenvalue weighted by atomic mass is 9.78. The summed E-state index contributed by atoms with van der Waals surface area (Å²) in [5, 5.41) is 10.8. The highest BCUT2D eigenvalue weighted by atomic mass is 16.5. The van der Waals surface area contributed by atoms with Crippen LogP contribution >= 0.6 is 0 Å². The number of methoxy groups -OCH3 is 1. The summed E-state index contributed by atoms with van der Waals surface area (Å²) in [6.07, 6.45) is 6.84. The molecular weight excluding hydrogens is 312 g/mol. The van der Waals surface area contributed by atoms with E-state index in [0.29, 0.717) is 17.1 Å². The first-order valence-corrected chi connectivity index (χ1v) is 8.52. The fraction of sp³-hybridized carbons (Fsp3) is 0.409. The number of carbonyl (C=O) groups excluding carboxylic acids is 1. The quantitative estimate of drug-likeness (QED) is 0.767. The summed E-state index contributed by atoms with van der Waals surface area (Å²) in [7, 11) is 1.56. The molecule has 134 valence electrons. The normalized spacial score (nSPS) is 17.0. The number of ketones is 1. The minimum absolute atomic E-state index is 0.0814. The van der Waals surface area contributed by atoms with Crippen LogP contribution in [0.2, 0.25) is 0 Å². The van der Waals surface area contributed by atoms with Gasteiger partial charge in [0, 0.05) is 11.1 Å². The van der Waals surface area contributed by atoms with Gasteiger partial charge in [-0.05, 0) is 46.8 Å². The molecule has 0 fully saturated rings. The lowest BCUT2D eigenvalue weighted by molar-refractivity contribution is -0.111. The van der Waals surface area contributed by atoms with Crippen molar-refractivity contribution in [2.75, 3.05) is 7.11 Å². The summed E-state index contributed by atoms with van der Waals surface area (Å²) in [5.74, 6) is 0.803. The molecule has 0 aliphatic heterocycles. The van der Waals surface area contributed by atoms with E-state index in [2.05, 4.69) is 41.5 Å². The summed E-state index contributed by atoms with van der Waals surface area (Å²) in [5.41, 5.74) is 2.72. The third-order valence-electron chi connectivity index (χ3n) is 4.31. The predicted molar refractivity (Wildman–Crippen MR) is 103 cm³/mol. The van der Waals surface area contributed by atoms with Gasteiger partial charge in [0.15, 0.2) is 5.78 Å². The summed E-state index contributed by atoms with van der Waals surface area (Å²) < 4.78 is 5.34. The molecule has 1 aliphatic carbocycles. The van der Waals surface area contributed by atoms with E-state index in [1.165, 1.54) is 6.08 Å². The molecule has 3 nitrogen and oxygen atoms in total. The average molecular weight is 340 g/mol. The third-order valence-corrected chi connectivity index (χ3v) is 4.31. The standard InChI is InChI=1S/C22H28O3/c1-21(2,3)16-12-14(13-17(20(16)24)22(4,5)6)11-15-18(23)9-8-10-19(15)25-7/h8-13,24H,1-7H3/b15-11-. The number of hydrogen-bond acceptors (Lipinski definition) is 3. The van der Waals surface area contributed by atoms with Crippen molar-refractivity contribution in [3.63, 3.8) is 0 Å². The number of phenolic OH excluding ortho intramolecular Hbond substituents is 1. The SMILES string of the molecule is COC1=CC=CC(=O)/C1=C/c1cc(C(C)(C)C)c(O)c(C(C)(C)C)c1. The van der Waals surface area contributed by atoms with Crippen molar-refractivity contribution < 1.29 is 14.6 Å². The molecule has 0 radical (unpaired) electrons. The molecule has 25 heavy (non-hydrogen) atoms. The Bertz CT molecular complexity index is 743. The average Bonchev–Trinajstić information content (AvgIpc) is 2.48. The van der Waals surface area contributed by atoms with Crippen LogP contribution in [-0.4, -0.2) is 18.0 Å². The highest BCUT2D eigenvalue weighted by molar-refractivity contribution is 6.11. The molecule has 1 N–H and O–H groups in total. The maximum atomic E-state index is 12.3. The Hall–Kier alpha value is -2.29. The minimum Gasteiger partial charge on any atom is -0.507 e. The Balaban J connectivity index is 2.70. The van der Waals surface area contributed by atoms with Gasteiger partial charge < -0.3 is 9.84 Å². The monoisotopic (exact) mass is 340 g/mol. The van der Waals surface area contributed by atoms with Crippen molar-refractivity contribution in [2.45, 2.75) is 52.4 Å². The fourth-order valence-electron chi connectivity index (χ4n) is 2.89. The Morgan fingerprint density at radius 3 is 1.96 bits per heavy atom. The zero-order valence-electron chi connectivity index (χ0n) is 16.2. The zero-order valence-corrected chi connectivity index (χ0v) is 16.2. The van der Waals surface area contributed by atoms with Crippen molar-refractivity contribution in [3.05, 3.63) is 58.4 Å². The van der Waals surface area contributed by atoms with Crippen molar-refractivity contribution >= 4 is 11.9 Å². The molecule has 0 amide bonds. The largest absolute Gasteiger partial charge is 0.507 e. The molecule has 0 bridgehead atoms. The molecule has 0 atom stereocenters. The van der Waals surface area contributed by atoms with E-state index in [1.807, 2.05) is 18.2 Å². The van der Waals surface area contributed by atoms with Gasteiger partial charge in [0.25, 0.3) is 0 Å². The van der Waals surface area contributed by atoms with Gasteiger partial charge >= 0.3 is 0 Å². The third kappa shape index (κ3) is 4.04. The van der Waals surface area contributed by atoms with Crippen molar-refractivity contribution in [1.29, 1.82) is 0 Å². The van der Waals surface area contributed by atoms with E-state index in [9.17, 15) is 9.90 Å². The molecule has 0 aromatic heterocycles. The molecular formula is C22H28O3. The predicted octanol–water partition coefficient (Wildman–Crippen LogP) is 5.04. The Morgan fingerprint density at radius 1 is 1.00 bits per heavy atom. The summed E-state index contributed by atoms with van der Waals surface area (Å²) in [6, 6.07) is 3.91. The topological polar surface area (TPSA) is 46.5 Å². The van der Waals surface area contributed by atoms with Crippen LogP contribution in [0.15, 0.2) is 41.7 Å². The van der Waals surface area contributed by atoms with E-state index in [4.69, 9.17) is 4.74 Å². The van der Waals surface area contributed by atoms with Gasteiger partial charge in [0.05, 0.1) is 12.7 Å². The van der Waals surface area contributed by atoms with Crippen LogP contribution in [0.5, 0.6) is 5.75 Å². The van der Waals surface area contributed by atoms with Crippen molar-refractivity contribution in [2.24, 2.45) is 0 Å². The van der Waals surface area contributed by atoms with Gasteiger partial charge in [-0.1, -0.05) is 47.6 Å². The molecule has 1 aliphatic rings. The number of carbonyl (C=O) groups is 1. The number of hydrogen-bond donors (Lipinski definition) is 1. The second kappa shape index (κ2) is 6.55. The Morgan fingerprint density at radius 2 is 1.52 bits per heavy atom. The molecule has 0 spiro atoms. The van der Waals surface area contributed by atoms with Gasteiger partial charge in [-0.3, -0.25) is 4.79 Å². The molecule has 0 unspecified atom stereocenters. The number of allylic oxidation sites excluding steroid dienone is 4. The van der Waals surface area contributed by atoms with Gasteiger partial charge in [0.1, 0.15) is 11.5 Å². The lowest BCUT2D eigenvalue weighted by Crippen LogP contribution is -2.17. The van der Waals surface area contributed by atoms with Gasteiger partial charge in [-0.2, -0.15) is 0 Å². The summed E-state index contributed by atoms with van der Waals surface area (Å²) in [6.45, 7) is 12.4. The van der Waals surface area contributed by atoms with E-state index < -0.39 is 0 Å². The Kier molecular flexibility index (Phi) is 4.99. The highest BCUT2D eigenvalue weighted by Gasteiger charge is 2.26. The van der Waals surface area contributed by atoms with Gasteiger partial charge in [0.2, 0.25) is 0 Å². The van der Waals surface area contributed by atoms with E-state index in [-0.39, 0.29) is 16.6 Å². The van der Waals surface area contributed by atoms with Crippen LogP contribution in [0.4, 0.5) is 0 Å². The number of ether oxygens (including phenoxy) is 1. The van der Waals surface area contributed by atoms with Crippen LogP contribution in [0.3, 0.4) is 0 Å². The molecule has 0 saturated heterocycles. The van der Waals surface area contributed by atoms with Gasteiger partial charge in [-0.15, -0.1) is 0 Å². The second-order valence-electron chi connectivity index (χ2n) is 8.48. The van der Waals surface area contributed by atoms with Gasteiger partial charge in [-0.25, -0.2) is 0 Å². The van der Waals surface area contributed by atoms with Crippen molar-refractivity contribution in [3.8, 4) is 5.75 Å². The molecule has 3 heteroatoms. The van der Waals surface area contributed by atoms with E-state index in [0.717, 1.165) is 16.7 Å². The number of rotatable bonds is 2. The first-order chi connectivity index (χ1) is 11.4. The van der Waals surface area contributed by atoms with Crippen LogP contribution in [0.25, 0.3) is 6.08 Å². The highest BCUT2D eigenvalue weighted by Crippen LogP contribution is 2.40. The zero-order chi connectivity index (χ0) is 19.0. The number of benzene rings is 1. The lowest BCUT2D eigenvalue weighted by Gasteiger charge is -2.28. The smallest absolute Gasteiger partial charge is 0.189 e. The van der Waals surface area contributed by atoms with Crippen LogP contribution < -0.4 is 0 Å². The molecule has 0 saturated carbocycles. The number of aromatic hydroxyl groups is 1. The number of phenols is 1. The summed E-state index contributed by atoms with van der Waals surface area (Å²) >= 11 is 0. The minimum atomic E-state index is -0.213. The van der Waals surface area contributed by atoms with E-state index >= 15 is 0 Å². The molecule has 2 rings (SSSR count). The first-order valence-electron chi connectivity index (χ1n) is 8.52. The molecule has 1 aromatic carbocycles. The molecule has 1 aromatic rings.